The number of rotatable bonds is 6. The second kappa shape index (κ2) is 8.28. The predicted molar refractivity (Wildman–Crippen MR) is 122 cm³/mol. The van der Waals surface area contributed by atoms with Crippen molar-refractivity contribution in [1.29, 1.82) is 0 Å². The standard InChI is InChI=1S/C23H23N3O3S/c1-23(14-21(27)24-19-13-16(28-2)11-12-20(19)29-3)26-25-22(30-23)18-10-6-8-15-7-4-5-9-17(15)18/h4-13,26H,14H2,1-3H3,(H,24,27)/t23-/m1/s1. The van der Waals surface area contributed by atoms with Crippen molar-refractivity contribution in [2.45, 2.75) is 18.2 Å². The van der Waals surface area contributed by atoms with Gasteiger partial charge in [-0.2, -0.15) is 5.10 Å². The minimum absolute atomic E-state index is 0.140. The summed E-state index contributed by atoms with van der Waals surface area (Å²) in [5.41, 5.74) is 4.78. The zero-order valence-corrected chi connectivity index (χ0v) is 17.9. The predicted octanol–water partition coefficient (Wildman–Crippen LogP) is 4.60. The van der Waals surface area contributed by atoms with Crippen LogP contribution in [0, 0.1) is 0 Å². The third kappa shape index (κ3) is 4.07. The van der Waals surface area contributed by atoms with Crippen LogP contribution in [0.1, 0.15) is 18.9 Å². The van der Waals surface area contributed by atoms with Crippen molar-refractivity contribution >= 4 is 39.2 Å². The smallest absolute Gasteiger partial charge is 0.227 e. The Hall–Kier alpha value is -3.19. The van der Waals surface area contributed by atoms with Crippen LogP contribution in [0.5, 0.6) is 11.5 Å². The quantitative estimate of drug-likeness (QED) is 0.609. The van der Waals surface area contributed by atoms with Crippen LogP contribution in [0.25, 0.3) is 10.8 Å². The Kier molecular flexibility index (Phi) is 5.55. The van der Waals surface area contributed by atoms with E-state index in [9.17, 15) is 4.79 Å². The fourth-order valence-corrected chi connectivity index (χ4v) is 4.54. The fraction of sp³-hybridized carbons (Fsp3) is 0.217. The summed E-state index contributed by atoms with van der Waals surface area (Å²) in [7, 11) is 3.15. The van der Waals surface area contributed by atoms with Crippen molar-refractivity contribution < 1.29 is 14.3 Å². The second-order valence-corrected chi connectivity index (χ2v) is 8.67. The maximum atomic E-state index is 12.8. The van der Waals surface area contributed by atoms with E-state index in [0.717, 1.165) is 21.4 Å². The van der Waals surface area contributed by atoms with Crippen molar-refractivity contribution in [3.63, 3.8) is 0 Å². The topological polar surface area (TPSA) is 72.0 Å². The van der Waals surface area contributed by atoms with E-state index in [0.29, 0.717) is 17.2 Å². The minimum Gasteiger partial charge on any atom is -0.497 e. The number of benzene rings is 3. The molecule has 30 heavy (non-hydrogen) atoms. The average Bonchev–Trinajstić information content (AvgIpc) is 3.14. The Morgan fingerprint density at radius 3 is 2.70 bits per heavy atom. The van der Waals surface area contributed by atoms with Crippen LogP contribution in [-0.4, -0.2) is 30.0 Å². The van der Waals surface area contributed by atoms with Crippen molar-refractivity contribution in [3.05, 3.63) is 66.2 Å². The third-order valence-corrected chi connectivity index (χ3v) is 6.11. The lowest BCUT2D eigenvalue weighted by Gasteiger charge is -2.22. The van der Waals surface area contributed by atoms with Crippen LogP contribution in [0.15, 0.2) is 65.8 Å². The Labute approximate surface area is 179 Å². The van der Waals surface area contributed by atoms with Gasteiger partial charge in [-0.25, -0.2) is 0 Å². The Bertz CT molecular complexity index is 1130. The first-order valence-corrected chi connectivity index (χ1v) is 10.4. The van der Waals surface area contributed by atoms with Crippen LogP contribution >= 0.6 is 11.8 Å². The highest BCUT2D eigenvalue weighted by molar-refractivity contribution is 8.15. The molecule has 1 amide bonds. The normalized spacial score (nSPS) is 17.9. The van der Waals surface area contributed by atoms with E-state index >= 15 is 0 Å². The highest BCUT2D eigenvalue weighted by atomic mass is 32.2. The summed E-state index contributed by atoms with van der Waals surface area (Å²) < 4.78 is 10.6. The van der Waals surface area contributed by atoms with Gasteiger partial charge in [0.15, 0.2) is 0 Å². The first-order valence-electron chi connectivity index (χ1n) is 9.55. The lowest BCUT2D eigenvalue weighted by atomic mass is 10.1. The number of anilines is 1. The molecule has 0 fully saturated rings. The number of hydrogen-bond donors (Lipinski definition) is 2. The number of amides is 1. The van der Waals surface area contributed by atoms with Crippen molar-refractivity contribution in [1.82, 2.24) is 5.43 Å². The largest absolute Gasteiger partial charge is 0.497 e. The Morgan fingerprint density at radius 2 is 1.90 bits per heavy atom. The van der Waals surface area contributed by atoms with Gasteiger partial charge in [0.2, 0.25) is 5.91 Å². The van der Waals surface area contributed by atoms with Crippen LogP contribution in [-0.2, 0) is 4.79 Å². The number of hydrazone groups is 1. The molecule has 154 valence electrons. The SMILES string of the molecule is COc1ccc(OC)c(NC(=O)C[C@]2(C)NN=C(c3cccc4ccccc34)S2)c1. The Morgan fingerprint density at radius 1 is 1.10 bits per heavy atom. The van der Waals surface area contributed by atoms with Gasteiger partial charge in [-0.3, -0.25) is 10.2 Å². The number of hydrogen-bond acceptors (Lipinski definition) is 6. The van der Waals surface area contributed by atoms with Gasteiger partial charge in [0.1, 0.15) is 21.4 Å². The van der Waals surface area contributed by atoms with Crippen molar-refractivity contribution in [2.24, 2.45) is 5.10 Å². The summed E-state index contributed by atoms with van der Waals surface area (Å²) in [6.07, 6.45) is 0.232. The average molecular weight is 422 g/mol. The molecule has 0 saturated heterocycles. The molecule has 3 aromatic rings. The van der Waals surface area contributed by atoms with E-state index in [-0.39, 0.29) is 12.3 Å². The molecule has 3 aromatic carbocycles. The maximum absolute atomic E-state index is 12.8. The van der Waals surface area contributed by atoms with Gasteiger partial charge in [0.25, 0.3) is 0 Å². The molecule has 0 aromatic heterocycles. The summed E-state index contributed by atoms with van der Waals surface area (Å²) >= 11 is 1.56. The van der Waals surface area contributed by atoms with E-state index < -0.39 is 4.87 Å². The summed E-state index contributed by atoms with van der Waals surface area (Å²) in [4.78, 5) is 12.2. The van der Waals surface area contributed by atoms with E-state index in [1.54, 1.807) is 44.2 Å². The molecule has 7 heteroatoms. The first kappa shape index (κ1) is 20.1. The van der Waals surface area contributed by atoms with Gasteiger partial charge in [-0.05, 0) is 29.8 Å². The molecule has 0 unspecified atom stereocenters. The molecule has 0 aliphatic carbocycles. The van der Waals surface area contributed by atoms with E-state index in [1.807, 2.05) is 25.1 Å². The molecule has 1 atom stereocenters. The van der Waals surface area contributed by atoms with Crippen molar-refractivity contribution in [3.8, 4) is 11.5 Å². The lowest BCUT2D eigenvalue weighted by molar-refractivity contribution is -0.116. The molecule has 1 aliphatic rings. The molecular weight excluding hydrogens is 398 g/mol. The van der Waals surface area contributed by atoms with Crippen LogP contribution in [0.4, 0.5) is 5.69 Å². The van der Waals surface area contributed by atoms with Crippen LogP contribution < -0.4 is 20.2 Å². The molecule has 4 rings (SSSR count). The number of carbonyl (C=O) groups excluding carboxylic acids is 1. The minimum atomic E-state index is -0.553. The Balaban J connectivity index is 1.48. The number of ether oxygens (including phenoxy) is 2. The monoisotopic (exact) mass is 421 g/mol. The van der Waals surface area contributed by atoms with Crippen LogP contribution in [0.3, 0.4) is 0 Å². The number of carbonyl (C=O) groups is 1. The second-order valence-electron chi connectivity index (χ2n) is 7.18. The summed E-state index contributed by atoms with van der Waals surface area (Å²) in [5, 5.41) is 10.6. The first-order chi connectivity index (χ1) is 14.5. The van der Waals surface area contributed by atoms with Crippen molar-refractivity contribution in [2.75, 3.05) is 19.5 Å². The van der Waals surface area contributed by atoms with Gasteiger partial charge >= 0.3 is 0 Å². The number of methoxy groups -OCH3 is 2. The number of fused-ring (bicyclic) bond motifs is 1. The zero-order chi connectivity index (χ0) is 21.1. The highest BCUT2D eigenvalue weighted by Gasteiger charge is 2.35. The summed E-state index contributed by atoms with van der Waals surface area (Å²) in [5.74, 6) is 1.08. The van der Waals surface area contributed by atoms with Gasteiger partial charge in [0.05, 0.1) is 26.3 Å². The van der Waals surface area contributed by atoms with E-state index in [2.05, 4.69) is 40.1 Å². The maximum Gasteiger partial charge on any atom is 0.227 e. The summed E-state index contributed by atoms with van der Waals surface area (Å²) in [6.45, 7) is 1.97. The van der Waals surface area contributed by atoms with Gasteiger partial charge < -0.3 is 14.8 Å². The molecule has 0 spiro atoms. The molecule has 0 radical (unpaired) electrons. The third-order valence-electron chi connectivity index (χ3n) is 4.91. The number of thioether (sulfide) groups is 1. The van der Waals surface area contributed by atoms with Gasteiger partial charge in [-0.15, -0.1) is 0 Å². The molecule has 0 bridgehead atoms. The molecule has 1 heterocycles. The molecular formula is C23H23N3O3S. The van der Waals surface area contributed by atoms with E-state index in [1.165, 1.54) is 0 Å². The zero-order valence-electron chi connectivity index (χ0n) is 17.1. The fourth-order valence-electron chi connectivity index (χ4n) is 3.44. The van der Waals surface area contributed by atoms with Gasteiger partial charge in [0, 0.05) is 11.6 Å². The van der Waals surface area contributed by atoms with Crippen LogP contribution in [0.2, 0.25) is 0 Å². The van der Waals surface area contributed by atoms with E-state index in [4.69, 9.17) is 9.47 Å². The molecule has 0 saturated carbocycles. The molecule has 1 aliphatic heterocycles. The molecule has 2 N–H and O–H groups in total. The molecule has 6 nitrogen and oxygen atoms in total. The van der Waals surface area contributed by atoms with Gasteiger partial charge in [-0.1, -0.05) is 54.2 Å². The lowest BCUT2D eigenvalue weighted by Crippen LogP contribution is -2.36. The highest BCUT2D eigenvalue weighted by Crippen LogP contribution is 2.37. The summed E-state index contributed by atoms with van der Waals surface area (Å²) in [6, 6.07) is 19.7. The number of nitrogens with one attached hydrogen (secondary N) is 2. The number of nitrogens with zero attached hydrogens (tertiary/aromatic N) is 1.